The second-order valence-electron chi connectivity index (χ2n) is 6.04. The summed E-state index contributed by atoms with van der Waals surface area (Å²) in [7, 11) is 0. The number of nitrogens with zero attached hydrogens (tertiary/aromatic N) is 1. The summed E-state index contributed by atoms with van der Waals surface area (Å²) in [6.45, 7) is 1.84. The molecule has 1 atom stereocenters. The van der Waals surface area contributed by atoms with Gasteiger partial charge in [0.15, 0.2) is 0 Å². The minimum atomic E-state index is -0.518. The molecule has 6 heteroatoms. The van der Waals surface area contributed by atoms with Crippen LogP contribution in [0.3, 0.4) is 0 Å². The number of para-hydroxylation sites is 1. The van der Waals surface area contributed by atoms with Gasteiger partial charge in [-0.05, 0) is 30.7 Å². The van der Waals surface area contributed by atoms with Crippen molar-refractivity contribution in [1.29, 1.82) is 0 Å². The van der Waals surface area contributed by atoms with Crippen LogP contribution in [0, 0.1) is 6.92 Å². The van der Waals surface area contributed by atoms with Crippen LogP contribution in [0.1, 0.15) is 17.5 Å². The molecule has 130 valence electrons. The standard InChI is InChI=1S/C19H20N2O4/c1-13-5-4-7-16(9-13)25-17-8-3-2-6-14(17)11-21-18(23)10-15(12-22)20-19(21)24/h2-9,15,22H,10-12H2,1H3,(H,20,24). The van der Waals surface area contributed by atoms with Crippen LogP contribution in [0.5, 0.6) is 11.5 Å². The predicted molar refractivity (Wildman–Crippen MR) is 92.3 cm³/mol. The third-order valence-corrected chi connectivity index (χ3v) is 4.03. The van der Waals surface area contributed by atoms with E-state index in [4.69, 9.17) is 9.84 Å². The van der Waals surface area contributed by atoms with Crippen LogP contribution < -0.4 is 10.1 Å². The molecule has 0 bridgehead atoms. The van der Waals surface area contributed by atoms with Crippen LogP contribution >= 0.6 is 0 Å². The molecule has 1 saturated heterocycles. The summed E-state index contributed by atoms with van der Waals surface area (Å²) in [5.41, 5.74) is 1.81. The Bertz CT molecular complexity index is 772. The average molecular weight is 340 g/mol. The van der Waals surface area contributed by atoms with Gasteiger partial charge in [-0.3, -0.25) is 9.69 Å². The molecule has 0 aromatic heterocycles. The Labute approximate surface area is 146 Å². The highest BCUT2D eigenvalue weighted by Gasteiger charge is 2.32. The molecule has 2 aromatic rings. The van der Waals surface area contributed by atoms with Crippen molar-refractivity contribution in [3.8, 4) is 11.5 Å². The highest BCUT2D eigenvalue weighted by Crippen LogP contribution is 2.27. The monoisotopic (exact) mass is 340 g/mol. The zero-order chi connectivity index (χ0) is 17.8. The Hall–Kier alpha value is -2.86. The Morgan fingerprint density at radius 2 is 2.00 bits per heavy atom. The van der Waals surface area contributed by atoms with Gasteiger partial charge in [-0.25, -0.2) is 4.79 Å². The molecule has 3 amide bonds. The molecule has 1 fully saturated rings. The number of benzene rings is 2. The van der Waals surface area contributed by atoms with Crippen LogP contribution in [0.4, 0.5) is 4.79 Å². The smallest absolute Gasteiger partial charge is 0.324 e. The van der Waals surface area contributed by atoms with Gasteiger partial charge in [0, 0.05) is 12.0 Å². The van der Waals surface area contributed by atoms with Crippen LogP contribution in [0.25, 0.3) is 0 Å². The number of nitrogens with one attached hydrogen (secondary N) is 1. The molecule has 1 aliphatic heterocycles. The fraction of sp³-hybridized carbons (Fsp3) is 0.263. The van der Waals surface area contributed by atoms with Crippen molar-refractivity contribution < 1.29 is 19.4 Å². The first-order valence-electron chi connectivity index (χ1n) is 8.11. The van der Waals surface area contributed by atoms with Gasteiger partial charge < -0.3 is 15.2 Å². The van der Waals surface area contributed by atoms with Gasteiger partial charge in [0.05, 0.1) is 19.2 Å². The molecular formula is C19H20N2O4. The number of carbonyl (C=O) groups excluding carboxylic acids is 2. The summed E-state index contributed by atoms with van der Waals surface area (Å²) in [6.07, 6.45) is 0.0865. The van der Waals surface area contributed by atoms with Crippen molar-refractivity contribution >= 4 is 11.9 Å². The van der Waals surface area contributed by atoms with Gasteiger partial charge in [0.25, 0.3) is 0 Å². The number of urea groups is 1. The molecule has 0 aliphatic carbocycles. The van der Waals surface area contributed by atoms with E-state index in [2.05, 4.69) is 5.32 Å². The number of imide groups is 1. The lowest BCUT2D eigenvalue weighted by Gasteiger charge is -2.30. The predicted octanol–water partition coefficient (Wildman–Crippen LogP) is 2.59. The first kappa shape index (κ1) is 17.0. The first-order chi connectivity index (χ1) is 12.1. The number of hydrogen-bond donors (Lipinski definition) is 2. The molecule has 2 N–H and O–H groups in total. The molecule has 1 heterocycles. The zero-order valence-electron chi connectivity index (χ0n) is 13.9. The molecule has 2 aromatic carbocycles. The lowest BCUT2D eigenvalue weighted by Crippen LogP contribution is -2.55. The van der Waals surface area contributed by atoms with E-state index in [1.54, 1.807) is 6.07 Å². The summed E-state index contributed by atoms with van der Waals surface area (Å²) in [5, 5.41) is 11.7. The molecule has 6 nitrogen and oxygen atoms in total. The lowest BCUT2D eigenvalue weighted by molar-refractivity contribution is -0.131. The molecule has 1 unspecified atom stereocenters. The van der Waals surface area contributed by atoms with Crippen LogP contribution in [-0.4, -0.2) is 34.6 Å². The highest BCUT2D eigenvalue weighted by molar-refractivity contribution is 5.97. The van der Waals surface area contributed by atoms with E-state index in [0.29, 0.717) is 11.5 Å². The summed E-state index contributed by atoms with van der Waals surface area (Å²) >= 11 is 0. The topological polar surface area (TPSA) is 78.9 Å². The van der Waals surface area contributed by atoms with E-state index >= 15 is 0 Å². The minimum Gasteiger partial charge on any atom is -0.457 e. The Kier molecular flexibility index (Phi) is 5.00. The summed E-state index contributed by atoms with van der Waals surface area (Å²) in [4.78, 5) is 25.5. The fourth-order valence-corrected chi connectivity index (χ4v) is 2.72. The Morgan fingerprint density at radius 1 is 1.20 bits per heavy atom. The fourth-order valence-electron chi connectivity index (χ4n) is 2.72. The van der Waals surface area contributed by atoms with Crippen molar-refractivity contribution in [2.45, 2.75) is 25.9 Å². The number of hydrogen-bond acceptors (Lipinski definition) is 4. The molecule has 3 rings (SSSR count). The van der Waals surface area contributed by atoms with E-state index in [1.165, 1.54) is 0 Å². The number of ether oxygens (including phenoxy) is 1. The van der Waals surface area contributed by atoms with Gasteiger partial charge in [0.1, 0.15) is 11.5 Å². The third-order valence-electron chi connectivity index (χ3n) is 4.03. The van der Waals surface area contributed by atoms with Crippen LogP contribution in [-0.2, 0) is 11.3 Å². The van der Waals surface area contributed by atoms with E-state index < -0.39 is 12.1 Å². The zero-order valence-corrected chi connectivity index (χ0v) is 13.9. The number of aliphatic hydroxyl groups is 1. The Balaban J connectivity index is 1.79. The quantitative estimate of drug-likeness (QED) is 0.877. The van der Waals surface area contributed by atoms with E-state index in [0.717, 1.165) is 16.0 Å². The maximum Gasteiger partial charge on any atom is 0.324 e. The van der Waals surface area contributed by atoms with Crippen molar-refractivity contribution in [3.05, 3.63) is 59.7 Å². The number of amides is 3. The molecular weight excluding hydrogens is 320 g/mol. The van der Waals surface area contributed by atoms with Crippen molar-refractivity contribution in [2.75, 3.05) is 6.61 Å². The molecule has 0 saturated carbocycles. The molecule has 25 heavy (non-hydrogen) atoms. The maximum absolute atomic E-state index is 12.2. The van der Waals surface area contributed by atoms with Gasteiger partial charge in [-0.1, -0.05) is 30.3 Å². The van der Waals surface area contributed by atoms with Crippen LogP contribution in [0.15, 0.2) is 48.5 Å². The number of aryl methyl sites for hydroxylation is 1. The summed E-state index contributed by atoms with van der Waals surface area (Å²) in [6, 6.07) is 13.9. The first-order valence-corrected chi connectivity index (χ1v) is 8.11. The van der Waals surface area contributed by atoms with Crippen LogP contribution in [0.2, 0.25) is 0 Å². The van der Waals surface area contributed by atoms with Crippen molar-refractivity contribution in [2.24, 2.45) is 0 Å². The maximum atomic E-state index is 12.2. The van der Waals surface area contributed by atoms with Gasteiger partial charge >= 0.3 is 6.03 Å². The number of aliphatic hydroxyl groups excluding tert-OH is 1. The minimum absolute atomic E-state index is 0.0865. The second kappa shape index (κ2) is 7.36. The molecule has 1 aliphatic rings. The van der Waals surface area contributed by atoms with E-state index in [9.17, 15) is 9.59 Å². The summed E-state index contributed by atoms with van der Waals surface area (Å²) < 4.78 is 5.93. The second-order valence-corrected chi connectivity index (χ2v) is 6.04. The average Bonchev–Trinajstić information content (AvgIpc) is 2.59. The number of carbonyl (C=O) groups is 2. The van der Waals surface area contributed by atoms with Gasteiger partial charge in [0.2, 0.25) is 5.91 Å². The SMILES string of the molecule is Cc1cccc(Oc2ccccc2CN2C(=O)CC(CO)NC2=O)c1. The summed E-state index contributed by atoms with van der Waals surface area (Å²) in [5.74, 6) is 0.980. The largest absolute Gasteiger partial charge is 0.457 e. The number of rotatable bonds is 5. The Morgan fingerprint density at radius 3 is 2.72 bits per heavy atom. The van der Waals surface area contributed by atoms with Gasteiger partial charge in [-0.15, -0.1) is 0 Å². The van der Waals surface area contributed by atoms with Crippen molar-refractivity contribution in [1.82, 2.24) is 10.2 Å². The third kappa shape index (κ3) is 3.97. The van der Waals surface area contributed by atoms with E-state index in [-0.39, 0.29) is 25.5 Å². The van der Waals surface area contributed by atoms with Gasteiger partial charge in [-0.2, -0.15) is 0 Å². The molecule has 0 spiro atoms. The molecule has 0 radical (unpaired) electrons. The van der Waals surface area contributed by atoms with Crippen molar-refractivity contribution in [3.63, 3.8) is 0 Å². The van der Waals surface area contributed by atoms with E-state index in [1.807, 2.05) is 49.4 Å². The highest BCUT2D eigenvalue weighted by atomic mass is 16.5. The lowest BCUT2D eigenvalue weighted by atomic mass is 10.1. The normalized spacial score (nSPS) is 17.4.